The zero-order chi connectivity index (χ0) is 34.5. The number of primary sulfonamides is 1. The molecule has 0 radical (unpaired) electrons. The Labute approximate surface area is 291 Å². The molecule has 1 aliphatic heterocycles. The maximum atomic E-state index is 13.7. The SMILES string of the molecule is CC(C)(C)c1ccc(/C=N\N=C2\S/C(=C\c3cc(Br)ccc3OCC(=O)Nc3ccc(S(N)(=O)=O)cc3)C(=O)N2Cc2ccco2)cc1. The van der Waals surface area contributed by atoms with Gasteiger partial charge in [-0.15, -0.1) is 5.10 Å². The lowest BCUT2D eigenvalue weighted by molar-refractivity contribution is -0.122. The van der Waals surface area contributed by atoms with Gasteiger partial charge in [-0.05, 0) is 89.0 Å². The van der Waals surface area contributed by atoms with E-state index in [0.29, 0.717) is 32.8 Å². The summed E-state index contributed by atoms with van der Waals surface area (Å²) in [4.78, 5) is 28.1. The lowest BCUT2D eigenvalue weighted by Crippen LogP contribution is -2.28. The number of halogens is 1. The van der Waals surface area contributed by atoms with Crippen LogP contribution in [0.4, 0.5) is 5.69 Å². The van der Waals surface area contributed by atoms with Gasteiger partial charge in [0.1, 0.15) is 11.5 Å². The predicted octanol–water partition coefficient (Wildman–Crippen LogP) is 6.51. The maximum Gasteiger partial charge on any atom is 0.267 e. The van der Waals surface area contributed by atoms with E-state index in [-0.39, 0.29) is 29.4 Å². The second kappa shape index (κ2) is 14.7. The number of carbonyl (C=O) groups is 2. The Morgan fingerprint density at radius 3 is 2.46 bits per heavy atom. The Hall–Kier alpha value is -4.50. The first-order valence-electron chi connectivity index (χ1n) is 14.6. The molecule has 248 valence electrons. The first-order valence-corrected chi connectivity index (χ1v) is 17.7. The number of nitrogens with one attached hydrogen (secondary N) is 1. The number of rotatable bonds is 10. The number of anilines is 1. The number of nitrogens with two attached hydrogens (primary N) is 1. The summed E-state index contributed by atoms with van der Waals surface area (Å²) < 4.78 is 35.0. The van der Waals surface area contributed by atoms with Gasteiger partial charge in [-0.3, -0.25) is 14.5 Å². The van der Waals surface area contributed by atoms with Gasteiger partial charge in [-0.25, -0.2) is 13.6 Å². The van der Waals surface area contributed by atoms with Gasteiger partial charge in [0.05, 0.1) is 28.8 Å². The fraction of sp³-hybridized carbons (Fsp3) is 0.176. The Morgan fingerprint density at radius 1 is 1.08 bits per heavy atom. The van der Waals surface area contributed by atoms with Gasteiger partial charge in [0.25, 0.3) is 11.8 Å². The number of amidine groups is 1. The van der Waals surface area contributed by atoms with Crippen molar-refractivity contribution in [3.05, 3.63) is 117 Å². The quantitative estimate of drug-likeness (QED) is 0.106. The summed E-state index contributed by atoms with van der Waals surface area (Å²) in [6.45, 7) is 6.26. The second-order valence-corrected chi connectivity index (χ2v) is 15.2. The molecule has 3 aromatic carbocycles. The van der Waals surface area contributed by atoms with E-state index in [1.54, 1.807) is 42.6 Å². The van der Waals surface area contributed by atoms with Crippen molar-refractivity contribution in [3.8, 4) is 5.75 Å². The summed E-state index contributed by atoms with van der Waals surface area (Å²) in [6.07, 6.45) is 4.84. The maximum absolute atomic E-state index is 13.7. The first kappa shape index (κ1) is 34.8. The largest absolute Gasteiger partial charge is 0.483 e. The van der Waals surface area contributed by atoms with Crippen LogP contribution in [0, 0.1) is 0 Å². The highest BCUT2D eigenvalue weighted by molar-refractivity contribution is 9.10. The third-order valence-corrected chi connectivity index (χ3v) is 9.41. The molecule has 0 spiro atoms. The lowest BCUT2D eigenvalue weighted by Gasteiger charge is -2.18. The fourth-order valence-electron chi connectivity index (χ4n) is 4.47. The van der Waals surface area contributed by atoms with Crippen molar-refractivity contribution in [2.75, 3.05) is 11.9 Å². The minimum absolute atomic E-state index is 0.0318. The zero-order valence-corrected chi connectivity index (χ0v) is 29.4. The van der Waals surface area contributed by atoms with Crippen molar-refractivity contribution in [3.63, 3.8) is 0 Å². The van der Waals surface area contributed by atoms with E-state index in [2.05, 4.69) is 64.4 Å². The van der Waals surface area contributed by atoms with E-state index in [1.165, 1.54) is 41.0 Å². The number of thioether (sulfide) groups is 1. The molecule has 2 heterocycles. The van der Waals surface area contributed by atoms with Gasteiger partial charge in [0.2, 0.25) is 10.0 Å². The monoisotopic (exact) mass is 749 g/mol. The molecule has 11 nitrogen and oxygen atoms in total. The smallest absolute Gasteiger partial charge is 0.267 e. The molecular weight excluding hydrogens is 718 g/mol. The number of ether oxygens (including phenoxy) is 1. The molecule has 5 rings (SSSR count). The molecule has 0 atom stereocenters. The van der Waals surface area contributed by atoms with Crippen LogP contribution in [0.1, 0.15) is 43.2 Å². The second-order valence-electron chi connectivity index (χ2n) is 11.7. The minimum atomic E-state index is -3.85. The van der Waals surface area contributed by atoms with Crippen molar-refractivity contribution in [1.29, 1.82) is 0 Å². The number of amides is 2. The van der Waals surface area contributed by atoms with Gasteiger partial charge in [-0.1, -0.05) is 61.0 Å². The number of furan rings is 1. The summed E-state index contributed by atoms with van der Waals surface area (Å²) in [6, 6.07) is 22.2. The molecule has 1 fully saturated rings. The molecule has 48 heavy (non-hydrogen) atoms. The minimum Gasteiger partial charge on any atom is -0.483 e. The zero-order valence-electron chi connectivity index (χ0n) is 26.2. The van der Waals surface area contributed by atoms with Crippen LogP contribution >= 0.6 is 27.7 Å². The van der Waals surface area contributed by atoms with E-state index in [4.69, 9.17) is 14.3 Å². The Kier molecular flexibility index (Phi) is 10.7. The highest BCUT2D eigenvalue weighted by atomic mass is 79.9. The van der Waals surface area contributed by atoms with Crippen LogP contribution in [0.2, 0.25) is 0 Å². The van der Waals surface area contributed by atoms with E-state index >= 15 is 0 Å². The molecule has 1 saturated heterocycles. The predicted molar refractivity (Wildman–Crippen MR) is 191 cm³/mol. The molecule has 0 aliphatic carbocycles. The summed E-state index contributed by atoms with van der Waals surface area (Å²) >= 11 is 4.62. The van der Waals surface area contributed by atoms with E-state index < -0.39 is 15.9 Å². The molecule has 14 heteroatoms. The van der Waals surface area contributed by atoms with Crippen molar-refractivity contribution in [1.82, 2.24) is 4.90 Å². The van der Waals surface area contributed by atoms with Gasteiger partial charge < -0.3 is 14.5 Å². The van der Waals surface area contributed by atoms with Crippen LogP contribution < -0.4 is 15.2 Å². The van der Waals surface area contributed by atoms with Crippen molar-refractivity contribution >= 4 is 72.7 Å². The number of nitrogens with zero attached hydrogens (tertiary/aromatic N) is 3. The molecule has 4 aromatic rings. The average molecular weight is 751 g/mol. The van der Waals surface area contributed by atoms with Crippen LogP contribution in [-0.2, 0) is 31.6 Å². The standard InChI is InChI=1S/C34H32BrN5O6S2/c1-34(2,3)24-8-6-22(7-9-24)19-37-39-33-40(20-27-5-4-16-45-27)32(42)30(47-33)18-23-17-25(35)10-15-29(23)46-21-31(41)38-26-11-13-28(14-12-26)48(36,43)44/h4-19H,20-21H2,1-3H3,(H,38,41)(H2,36,43,44)/b30-18-,37-19-,39-33+. The fourth-order valence-corrected chi connectivity index (χ4v) is 6.29. The number of hydrogen-bond donors (Lipinski definition) is 2. The topological polar surface area (TPSA) is 157 Å². The number of hydrogen-bond acceptors (Lipinski definition) is 9. The van der Waals surface area contributed by atoms with Gasteiger partial charge in [-0.2, -0.15) is 5.10 Å². The third-order valence-electron chi connectivity index (χ3n) is 6.99. The summed E-state index contributed by atoms with van der Waals surface area (Å²) in [5, 5.41) is 16.8. The van der Waals surface area contributed by atoms with E-state index in [9.17, 15) is 18.0 Å². The van der Waals surface area contributed by atoms with E-state index in [1.807, 2.05) is 12.1 Å². The van der Waals surface area contributed by atoms with E-state index in [0.717, 1.165) is 21.8 Å². The molecule has 0 bridgehead atoms. The normalized spacial score (nSPS) is 15.5. The summed E-state index contributed by atoms with van der Waals surface area (Å²) in [7, 11) is -3.85. The highest BCUT2D eigenvalue weighted by Crippen LogP contribution is 2.36. The van der Waals surface area contributed by atoms with Crippen LogP contribution in [-0.4, -0.2) is 43.1 Å². The number of sulfonamides is 1. The molecule has 3 N–H and O–H groups in total. The molecule has 1 aliphatic rings. The van der Waals surface area contributed by atoms with Crippen LogP contribution in [0.5, 0.6) is 5.75 Å². The number of carbonyl (C=O) groups excluding carboxylic acids is 2. The van der Waals surface area contributed by atoms with Gasteiger partial charge in [0.15, 0.2) is 11.8 Å². The summed E-state index contributed by atoms with van der Waals surface area (Å²) in [5.74, 6) is 0.164. The summed E-state index contributed by atoms with van der Waals surface area (Å²) in [5.41, 5.74) is 3.03. The molecule has 0 saturated carbocycles. The molecular formula is C34H32BrN5O6S2. The van der Waals surface area contributed by atoms with Crippen molar-refractivity contribution in [2.24, 2.45) is 15.3 Å². The Morgan fingerprint density at radius 2 is 1.81 bits per heavy atom. The van der Waals surface area contributed by atoms with Crippen LogP contribution in [0.3, 0.4) is 0 Å². The third kappa shape index (κ3) is 9.10. The van der Waals surface area contributed by atoms with Crippen LogP contribution in [0.15, 0.2) is 114 Å². The highest BCUT2D eigenvalue weighted by Gasteiger charge is 2.34. The average Bonchev–Trinajstić information content (AvgIpc) is 3.65. The van der Waals surface area contributed by atoms with Crippen molar-refractivity contribution < 1.29 is 27.2 Å². The molecule has 2 amide bonds. The molecule has 1 aromatic heterocycles. The molecule has 0 unspecified atom stereocenters. The van der Waals surface area contributed by atoms with Gasteiger partial charge >= 0.3 is 0 Å². The Bertz CT molecular complexity index is 2000. The van der Waals surface area contributed by atoms with Gasteiger partial charge in [0, 0.05) is 15.7 Å². The van der Waals surface area contributed by atoms with Crippen LogP contribution in [0.25, 0.3) is 6.08 Å². The first-order chi connectivity index (χ1) is 22.8. The lowest BCUT2D eigenvalue weighted by atomic mass is 9.87. The Balaban J connectivity index is 1.34. The van der Waals surface area contributed by atoms with Crippen molar-refractivity contribution in [2.45, 2.75) is 37.6 Å². The number of benzene rings is 3.